The van der Waals surface area contributed by atoms with Crippen molar-refractivity contribution in [3.8, 4) is 11.4 Å². The van der Waals surface area contributed by atoms with Crippen LogP contribution in [0.5, 0.6) is 0 Å². The van der Waals surface area contributed by atoms with Crippen molar-refractivity contribution in [2.75, 3.05) is 18.4 Å². The van der Waals surface area contributed by atoms with Crippen LogP contribution < -0.4 is 5.32 Å². The van der Waals surface area contributed by atoms with Crippen molar-refractivity contribution in [2.45, 2.75) is 38.8 Å². The molecule has 0 atom stereocenters. The predicted molar refractivity (Wildman–Crippen MR) is 122 cm³/mol. The Morgan fingerprint density at radius 1 is 1.00 bits per heavy atom. The highest BCUT2D eigenvalue weighted by molar-refractivity contribution is 6.03. The number of hydrogen-bond donors (Lipinski definition) is 1. The molecule has 4 aromatic rings. The molecule has 11 heteroatoms. The van der Waals surface area contributed by atoms with Crippen molar-refractivity contribution in [2.24, 2.45) is 7.05 Å². The fourth-order valence-corrected chi connectivity index (χ4v) is 4.12. The Morgan fingerprint density at radius 3 is 2.52 bits per heavy atom. The zero-order valence-electron chi connectivity index (χ0n) is 18.9. The molecule has 0 spiro atoms. The summed E-state index contributed by atoms with van der Waals surface area (Å²) >= 11 is 0. The lowest BCUT2D eigenvalue weighted by molar-refractivity contribution is 0.102. The van der Waals surface area contributed by atoms with Gasteiger partial charge in [0.2, 0.25) is 0 Å². The van der Waals surface area contributed by atoms with Crippen LogP contribution in [0.4, 0.5) is 5.82 Å². The third-order valence-electron chi connectivity index (χ3n) is 6.06. The summed E-state index contributed by atoms with van der Waals surface area (Å²) in [5, 5.41) is 20.9. The number of anilines is 1. The first-order valence-electron chi connectivity index (χ1n) is 11.1. The number of rotatable bonds is 5. The summed E-state index contributed by atoms with van der Waals surface area (Å²) in [6.45, 7) is 6.48. The van der Waals surface area contributed by atoms with Gasteiger partial charge in [-0.05, 0) is 44.2 Å². The van der Waals surface area contributed by atoms with Crippen LogP contribution in [0.2, 0.25) is 0 Å². The van der Waals surface area contributed by atoms with Gasteiger partial charge in [0, 0.05) is 44.0 Å². The number of nitrogens with zero attached hydrogens (tertiary/aromatic N) is 9. The summed E-state index contributed by atoms with van der Waals surface area (Å²) in [7, 11) is 1.81. The Balaban J connectivity index is 1.29. The first-order valence-corrected chi connectivity index (χ1v) is 11.1. The number of aryl methyl sites for hydroxylation is 1. The molecule has 1 aliphatic heterocycles. The van der Waals surface area contributed by atoms with E-state index in [-0.39, 0.29) is 17.6 Å². The maximum Gasteiger partial charge on any atom is 0.278 e. The second kappa shape index (κ2) is 8.66. The van der Waals surface area contributed by atoms with E-state index in [9.17, 15) is 4.79 Å². The number of likely N-dealkylation sites (tertiary alicyclic amines) is 1. The fraction of sp³-hybridized carbons (Fsp3) is 0.409. The van der Waals surface area contributed by atoms with Crippen molar-refractivity contribution in [1.82, 2.24) is 44.9 Å². The van der Waals surface area contributed by atoms with Crippen LogP contribution >= 0.6 is 0 Å². The maximum atomic E-state index is 12.8. The Bertz CT molecular complexity index is 1290. The average Bonchev–Trinajstić information content (AvgIpc) is 3.48. The molecule has 1 amide bonds. The third-order valence-corrected chi connectivity index (χ3v) is 6.06. The van der Waals surface area contributed by atoms with E-state index in [1.165, 1.54) is 0 Å². The zero-order chi connectivity index (χ0) is 22.9. The Hall–Kier alpha value is -3.73. The highest BCUT2D eigenvalue weighted by Gasteiger charge is 2.24. The predicted octanol–water partition coefficient (Wildman–Crippen LogP) is 2.31. The number of carbonyl (C=O) groups excluding carboxylic acids is 1. The van der Waals surface area contributed by atoms with Crippen molar-refractivity contribution in [3.05, 3.63) is 42.6 Å². The van der Waals surface area contributed by atoms with Gasteiger partial charge in [-0.25, -0.2) is 9.67 Å². The van der Waals surface area contributed by atoms with Gasteiger partial charge in [-0.2, -0.15) is 0 Å². The molecular formula is C22H26N10O. The Morgan fingerprint density at radius 2 is 1.79 bits per heavy atom. The number of aromatic nitrogens is 8. The lowest BCUT2D eigenvalue weighted by Crippen LogP contribution is -2.39. The van der Waals surface area contributed by atoms with Gasteiger partial charge in [-0.1, -0.05) is 10.4 Å². The van der Waals surface area contributed by atoms with E-state index in [4.69, 9.17) is 0 Å². The van der Waals surface area contributed by atoms with Crippen LogP contribution in [0.15, 0.2) is 36.9 Å². The van der Waals surface area contributed by atoms with Crippen molar-refractivity contribution >= 4 is 22.5 Å². The van der Waals surface area contributed by atoms with Gasteiger partial charge in [0.05, 0.1) is 24.1 Å². The molecule has 11 nitrogen and oxygen atoms in total. The Labute approximate surface area is 190 Å². The molecule has 170 valence electrons. The molecule has 33 heavy (non-hydrogen) atoms. The van der Waals surface area contributed by atoms with E-state index in [0.717, 1.165) is 36.7 Å². The second-order valence-corrected chi connectivity index (χ2v) is 8.66. The number of carbonyl (C=O) groups is 1. The minimum atomic E-state index is -0.337. The van der Waals surface area contributed by atoms with Crippen molar-refractivity contribution < 1.29 is 4.79 Å². The van der Waals surface area contributed by atoms with Crippen molar-refractivity contribution in [1.29, 1.82) is 0 Å². The monoisotopic (exact) mass is 446 g/mol. The number of pyridine rings is 2. The summed E-state index contributed by atoms with van der Waals surface area (Å²) in [6, 6.07) is 4.52. The van der Waals surface area contributed by atoms with E-state index in [1.807, 2.05) is 10.7 Å². The molecule has 4 aromatic heterocycles. The molecule has 0 bridgehead atoms. The molecule has 1 N–H and O–H groups in total. The van der Waals surface area contributed by atoms with Gasteiger partial charge in [0.15, 0.2) is 5.69 Å². The molecule has 0 saturated carbocycles. The highest BCUT2D eigenvalue weighted by Crippen LogP contribution is 2.24. The third kappa shape index (κ3) is 4.44. The molecule has 0 unspecified atom stereocenters. The van der Waals surface area contributed by atoms with E-state index >= 15 is 0 Å². The zero-order valence-corrected chi connectivity index (χ0v) is 18.9. The average molecular weight is 447 g/mol. The summed E-state index contributed by atoms with van der Waals surface area (Å²) in [5.74, 6) is 0.0968. The lowest BCUT2D eigenvalue weighted by Gasteiger charge is -2.34. The molecule has 5 rings (SSSR count). The van der Waals surface area contributed by atoms with Gasteiger partial charge in [0.1, 0.15) is 11.5 Å². The molecule has 1 saturated heterocycles. The van der Waals surface area contributed by atoms with E-state index in [2.05, 4.69) is 54.7 Å². The molecule has 5 heterocycles. The molecule has 0 radical (unpaired) electrons. The van der Waals surface area contributed by atoms with Gasteiger partial charge in [-0.15, -0.1) is 10.2 Å². The molecular weight excluding hydrogens is 420 g/mol. The number of fused-ring (bicyclic) bond motifs is 1. The van der Waals surface area contributed by atoms with Crippen LogP contribution in [0.3, 0.4) is 0 Å². The summed E-state index contributed by atoms with van der Waals surface area (Å²) in [4.78, 5) is 24.0. The molecule has 1 fully saturated rings. The first-order chi connectivity index (χ1) is 16.0. The van der Waals surface area contributed by atoms with E-state index in [0.29, 0.717) is 23.2 Å². The van der Waals surface area contributed by atoms with Crippen LogP contribution in [-0.2, 0) is 7.05 Å². The highest BCUT2D eigenvalue weighted by atomic mass is 16.2. The number of piperidine rings is 1. The minimum Gasteiger partial charge on any atom is -0.305 e. The largest absolute Gasteiger partial charge is 0.305 e. The quantitative estimate of drug-likeness (QED) is 0.496. The van der Waals surface area contributed by atoms with Crippen LogP contribution in [0.25, 0.3) is 22.2 Å². The topological polar surface area (TPSA) is 120 Å². The maximum absolute atomic E-state index is 12.8. The summed E-state index contributed by atoms with van der Waals surface area (Å²) < 4.78 is 3.44. The van der Waals surface area contributed by atoms with E-state index in [1.54, 1.807) is 42.6 Å². The fourth-order valence-electron chi connectivity index (χ4n) is 4.12. The molecule has 0 aliphatic carbocycles. The van der Waals surface area contributed by atoms with Crippen LogP contribution in [-0.4, -0.2) is 69.9 Å². The van der Waals surface area contributed by atoms with Gasteiger partial charge >= 0.3 is 0 Å². The molecule has 0 aromatic carbocycles. The van der Waals surface area contributed by atoms with Crippen LogP contribution in [0.1, 0.15) is 43.2 Å². The molecule has 1 aliphatic rings. The Kier molecular flexibility index (Phi) is 5.55. The number of nitrogens with one attached hydrogen (secondary N) is 1. The van der Waals surface area contributed by atoms with Crippen molar-refractivity contribution in [3.63, 3.8) is 0 Å². The van der Waals surface area contributed by atoms with Gasteiger partial charge in [-0.3, -0.25) is 14.5 Å². The standard InChI is InChI=1S/C22H26N10O/c1-14(2)31-6-4-17(5-7-31)32-13-20(27-29-32)22(33)25-21-9-15-8-18(19-12-30(3)28-26-19)23-10-16(15)11-24-21/h8-14,17H,4-7H2,1-3H3,(H,24,25,33). The lowest BCUT2D eigenvalue weighted by atomic mass is 10.0. The smallest absolute Gasteiger partial charge is 0.278 e. The number of hydrogen-bond acceptors (Lipinski definition) is 8. The second-order valence-electron chi connectivity index (χ2n) is 8.66. The first kappa shape index (κ1) is 21.1. The SMILES string of the molecule is CC(C)N1CCC(n2cc(C(=O)Nc3cc4cc(-c5cn(C)nn5)ncc4cn3)nn2)CC1. The number of amides is 1. The summed E-state index contributed by atoms with van der Waals surface area (Å²) in [5.41, 5.74) is 1.65. The van der Waals surface area contributed by atoms with E-state index < -0.39 is 0 Å². The normalized spacial score (nSPS) is 15.4. The van der Waals surface area contributed by atoms with Gasteiger partial charge < -0.3 is 10.2 Å². The summed E-state index contributed by atoms with van der Waals surface area (Å²) in [6.07, 6.45) is 8.93. The van der Waals surface area contributed by atoms with Gasteiger partial charge in [0.25, 0.3) is 5.91 Å². The minimum absolute atomic E-state index is 0.264. The van der Waals surface area contributed by atoms with Crippen LogP contribution in [0, 0.1) is 0 Å².